The van der Waals surface area contributed by atoms with Crippen molar-refractivity contribution in [2.75, 3.05) is 19.6 Å². The number of aromatic nitrogens is 3. The van der Waals surface area contributed by atoms with Crippen molar-refractivity contribution in [1.82, 2.24) is 25.0 Å². The van der Waals surface area contributed by atoms with Crippen LogP contribution in [0.3, 0.4) is 0 Å². The van der Waals surface area contributed by atoms with Crippen LogP contribution < -0.4 is 5.32 Å². The van der Waals surface area contributed by atoms with Gasteiger partial charge in [-0.15, -0.1) is 0 Å². The Bertz CT molecular complexity index is 989. The Labute approximate surface area is 171 Å². The summed E-state index contributed by atoms with van der Waals surface area (Å²) in [5.74, 6) is 0.0773. The Hall–Kier alpha value is -2.73. The maximum absolute atomic E-state index is 13.7. The molecule has 1 aliphatic heterocycles. The normalized spacial score (nSPS) is 16.6. The maximum atomic E-state index is 13.7. The zero-order chi connectivity index (χ0) is 20.4. The van der Waals surface area contributed by atoms with Gasteiger partial charge in [-0.05, 0) is 39.3 Å². The number of rotatable bonds is 6. The van der Waals surface area contributed by atoms with Gasteiger partial charge in [0, 0.05) is 30.7 Å². The van der Waals surface area contributed by atoms with Gasteiger partial charge >= 0.3 is 0 Å². The number of hydrogen-bond acceptors (Lipinski definition) is 4. The van der Waals surface area contributed by atoms with Crippen LogP contribution in [0.5, 0.6) is 0 Å². The largest absolute Gasteiger partial charge is 0.334 e. The highest BCUT2D eigenvalue weighted by Gasteiger charge is 2.29. The van der Waals surface area contributed by atoms with Crippen molar-refractivity contribution < 1.29 is 4.79 Å². The Balaban J connectivity index is 1.86. The summed E-state index contributed by atoms with van der Waals surface area (Å²) in [6.45, 7) is 8.86. The average molecular weight is 392 g/mol. The average Bonchev–Trinajstić information content (AvgIpc) is 3.41. The first-order valence-electron chi connectivity index (χ1n) is 10.6. The van der Waals surface area contributed by atoms with Crippen LogP contribution in [-0.2, 0) is 0 Å². The summed E-state index contributed by atoms with van der Waals surface area (Å²) in [5, 5.41) is 8.76. The highest BCUT2D eigenvalue weighted by atomic mass is 16.2. The van der Waals surface area contributed by atoms with Crippen LogP contribution in [0.1, 0.15) is 50.0 Å². The molecule has 3 heterocycles. The zero-order valence-corrected chi connectivity index (χ0v) is 17.4. The van der Waals surface area contributed by atoms with Gasteiger partial charge < -0.3 is 10.2 Å². The Morgan fingerprint density at radius 2 is 2.10 bits per heavy atom. The van der Waals surface area contributed by atoms with E-state index in [0.29, 0.717) is 5.56 Å². The number of nitrogens with one attached hydrogen (secondary N) is 1. The molecule has 1 aromatic carbocycles. The smallest absolute Gasteiger partial charge is 0.255 e. The molecule has 1 amide bonds. The topological polar surface area (TPSA) is 63.1 Å². The van der Waals surface area contributed by atoms with Crippen LogP contribution in [0.2, 0.25) is 0 Å². The van der Waals surface area contributed by atoms with E-state index in [0.717, 1.165) is 54.8 Å². The lowest BCUT2D eigenvalue weighted by Crippen LogP contribution is -2.42. The minimum Gasteiger partial charge on any atom is -0.334 e. The first-order valence-corrected chi connectivity index (χ1v) is 10.6. The van der Waals surface area contributed by atoms with E-state index >= 15 is 0 Å². The van der Waals surface area contributed by atoms with Gasteiger partial charge in [0.05, 0.1) is 22.8 Å². The molecule has 0 aliphatic carbocycles. The lowest BCUT2D eigenvalue weighted by molar-refractivity contribution is 0.0694. The third-order valence-electron chi connectivity index (χ3n) is 5.56. The molecule has 6 heteroatoms. The van der Waals surface area contributed by atoms with E-state index in [-0.39, 0.29) is 18.0 Å². The van der Waals surface area contributed by atoms with Gasteiger partial charge in [0.25, 0.3) is 5.91 Å². The Morgan fingerprint density at radius 3 is 2.76 bits per heavy atom. The number of nitrogens with zero attached hydrogens (tertiary/aromatic N) is 4. The van der Waals surface area contributed by atoms with Crippen LogP contribution in [0, 0.1) is 0 Å². The molecule has 1 aliphatic rings. The SMILES string of the molecule is CCCN(C(=O)c1cc(-c2ccccc2)nc2c1cnn2C(C)C)C1CCNC1. The second kappa shape index (κ2) is 8.33. The monoisotopic (exact) mass is 391 g/mol. The fourth-order valence-corrected chi connectivity index (χ4v) is 4.08. The van der Waals surface area contributed by atoms with Gasteiger partial charge in [-0.1, -0.05) is 37.3 Å². The summed E-state index contributed by atoms with van der Waals surface area (Å²) in [5.41, 5.74) is 3.28. The van der Waals surface area contributed by atoms with E-state index < -0.39 is 0 Å². The number of pyridine rings is 1. The highest BCUT2D eigenvalue weighted by Crippen LogP contribution is 2.28. The summed E-state index contributed by atoms with van der Waals surface area (Å²) < 4.78 is 1.90. The molecule has 152 valence electrons. The van der Waals surface area contributed by atoms with Gasteiger partial charge in [0.2, 0.25) is 0 Å². The standard InChI is InChI=1S/C23H29N5O/c1-4-12-27(18-10-11-24-14-18)23(29)19-13-21(17-8-6-5-7-9-17)26-22-20(19)15-25-28(22)16(2)3/h5-9,13,15-16,18,24H,4,10-12,14H2,1-3H3. The van der Waals surface area contributed by atoms with Gasteiger partial charge in [0.1, 0.15) is 0 Å². The van der Waals surface area contributed by atoms with E-state index in [4.69, 9.17) is 4.98 Å². The molecule has 0 radical (unpaired) electrons. The zero-order valence-electron chi connectivity index (χ0n) is 17.4. The lowest BCUT2D eigenvalue weighted by atomic mass is 10.0. The third-order valence-corrected chi connectivity index (χ3v) is 5.56. The number of carbonyl (C=O) groups is 1. The number of amides is 1. The fraction of sp³-hybridized carbons (Fsp3) is 0.435. The summed E-state index contributed by atoms with van der Waals surface area (Å²) in [6, 6.07) is 12.4. The predicted molar refractivity (Wildman–Crippen MR) is 116 cm³/mol. The molecule has 4 rings (SSSR count). The number of benzene rings is 1. The van der Waals surface area contributed by atoms with Gasteiger partial charge in [0.15, 0.2) is 5.65 Å². The second-order valence-electron chi connectivity index (χ2n) is 7.99. The molecule has 3 aromatic rings. The molecule has 1 N–H and O–H groups in total. The van der Waals surface area contributed by atoms with E-state index in [1.54, 1.807) is 6.20 Å². The van der Waals surface area contributed by atoms with Crippen LogP contribution >= 0.6 is 0 Å². The quantitative estimate of drug-likeness (QED) is 0.692. The van der Waals surface area contributed by atoms with Crippen molar-refractivity contribution in [3.63, 3.8) is 0 Å². The van der Waals surface area contributed by atoms with Crippen molar-refractivity contribution in [3.05, 3.63) is 48.2 Å². The molecular weight excluding hydrogens is 362 g/mol. The Kier molecular flexibility index (Phi) is 5.62. The fourth-order valence-electron chi connectivity index (χ4n) is 4.08. The summed E-state index contributed by atoms with van der Waals surface area (Å²) in [7, 11) is 0. The predicted octanol–water partition coefficient (Wildman–Crippen LogP) is 3.89. The number of carbonyl (C=O) groups excluding carboxylic acids is 1. The molecular formula is C23H29N5O. The van der Waals surface area contributed by atoms with Crippen LogP contribution in [0.15, 0.2) is 42.6 Å². The van der Waals surface area contributed by atoms with E-state index in [9.17, 15) is 4.79 Å². The number of hydrogen-bond donors (Lipinski definition) is 1. The number of fused-ring (bicyclic) bond motifs is 1. The van der Waals surface area contributed by atoms with Crippen molar-refractivity contribution in [2.24, 2.45) is 0 Å². The molecule has 1 atom stereocenters. The van der Waals surface area contributed by atoms with Crippen molar-refractivity contribution in [3.8, 4) is 11.3 Å². The molecule has 1 fully saturated rings. The van der Waals surface area contributed by atoms with Crippen LogP contribution in [0.4, 0.5) is 0 Å². The third kappa shape index (κ3) is 3.77. The molecule has 0 bridgehead atoms. The molecule has 29 heavy (non-hydrogen) atoms. The molecule has 1 saturated heterocycles. The lowest BCUT2D eigenvalue weighted by Gasteiger charge is -2.28. The van der Waals surface area contributed by atoms with E-state index in [2.05, 4.69) is 31.2 Å². The van der Waals surface area contributed by atoms with E-state index in [1.165, 1.54) is 0 Å². The minimum absolute atomic E-state index is 0.0773. The van der Waals surface area contributed by atoms with Crippen LogP contribution in [0.25, 0.3) is 22.3 Å². The van der Waals surface area contributed by atoms with Gasteiger partial charge in [-0.2, -0.15) is 5.10 Å². The van der Waals surface area contributed by atoms with Gasteiger partial charge in [-0.3, -0.25) is 4.79 Å². The van der Waals surface area contributed by atoms with Crippen molar-refractivity contribution >= 4 is 16.9 Å². The minimum atomic E-state index is 0.0773. The molecule has 1 unspecified atom stereocenters. The molecule has 0 saturated carbocycles. The summed E-state index contributed by atoms with van der Waals surface area (Å²) in [6.07, 6.45) is 3.73. The maximum Gasteiger partial charge on any atom is 0.255 e. The Morgan fingerprint density at radius 1 is 1.31 bits per heavy atom. The van der Waals surface area contributed by atoms with Crippen LogP contribution in [-0.4, -0.2) is 51.2 Å². The summed E-state index contributed by atoms with van der Waals surface area (Å²) in [4.78, 5) is 20.7. The molecule has 0 spiro atoms. The van der Waals surface area contributed by atoms with Crippen molar-refractivity contribution in [2.45, 2.75) is 45.7 Å². The van der Waals surface area contributed by atoms with Crippen molar-refractivity contribution in [1.29, 1.82) is 0 Å². The highest BCUT2D eigenvalue weighted by molar-refractivity contribution is 6.06. The van der Waals surface area contributed by atoms with E-state index in [1.807, 2.05) is 46.0 Å². The molecule has 2 aromatic heterocycles. The first kappa shape index (κ1) is 19.6. The molecule has 6 nitrogen and oxygen atoms in total. The summed E-state index contributed by atoms with van der Waals surface area (Å²) >= 11 is 0. The second-order valence-corrected chi connectivity index (χ2v) is 7.99. The van der Waals surface area contributed by atoms with Gasteiger partial charge in [-0.25, -0.2) is 9.67 Å². The first-order chi connectivity index (χ1) is 14.1.